The summed E-state index contributed by atoms with van der Waals surface area (Å²) in [7, 11) is -1.00. The third-order valence-electron chi connectivity index (χ3n) is 5.11. The summed E-state index contributed by atoms with van der Waals surface area (Å²) >= 11 is 0. The van der Waals surface area contributed by atoms with Crippen LogP contribution in [0, 0.1) is 11.3 Å². The Bertz CT molecular complexity index is 637. The van der Waals surface area contributed by atoms with Gasteiger partial charge in [-0.25, -0.2) is 12.7 Å². The van der Waals surface area contributed by atoms with E-state index in [1.807, 2.05) is 18.3 Å². The number of sulfonamides is 1. The van der Waals surface area contributed by atoms with Crippen LogP contribution in [0.1, 0.15) is 12.0 Å². The van der Waals surface area contributed by atoms with E-state index in [9.17, 15) is 8.42 Å². The fourth-order valence-electron chi connectivity index (χ4n) is 3.94. The highest BCUT2D eigenvalue weighted by Crippen LogP contribution is 2.44. The van der Waals surface area contributed by atoms with Crippen LogP contribution >= 0.6 is 0 Å². The van der Waals surface area contributed by atoms with E-state index in [-0.39, 0.29) is 5.41 Å². The first-order valence-corrected chi connectivity index (χ1v) is 9.84. The zero-order valence-corrected chi connectivity index (χ0v) is 14.6. The molecule has 1 aromatic heterocycles. The Labute approximate surface area is 138 Å². The minimum atomic E-state index is -3.10. The molecule has 3 heterocycles. The van der Waals surface area contributed by atoms with E-state index in [2.05, 4.69) is 16.9 Å². The number of likely N-dealkylation sites (tertiary alicyclic amines) is 1. The van der Waals surface area contributed by atoms with Gasteiger partial charge >= 0.3 is 0 Å². The van der Waals surface area contributed by atoms with Crippen molar-refractivity contribution in [3.05, 3.63) is 30.1 Å². The van der Waals surface area contributed by atoms with Gasteiger partial charge in [0.05, 0.1) is 19.5 Å². The smallest absolute Gasteiger partial charge is 0.211 e. The lowest BCUT2D eigenvalue weighted by Crippen LogP contribution is -2.37. The molecule has 1 spiro atoms. The van der Waals surface area contributed by atoms with E-state index in [1.54, 1.807) is 10.5 Å². The fraction of sp³-hybridized carbons (Fsp3) is 0.688. The van der Waals surface area contributed by atoms with Crippen LogP contribution < -0.4 is 0 Å². The molecule has 2 aliphatic rings. The van der Waals surface area contributed by atoms with Gasteiger partial charge in [-0.05, 0) is 25.1 Å². The van der Waals surface area contributed by atoms with Crippen LogP contribution in [0.5, 0.6) is 0 Å². The van der Waals surface area contributed by atoms with Crippen LogP contribution in [0.2, 0.25) is 0 Å². The van der Waals surface area contributed by atoms with Crippen LogP contribution in [0.4, 0.5) is 0 Å². The molecule has 1 aromatic rings. The van der Waals surface area contributed by atoms with Crippen molar-refractivity contribution in [2.75, 3.05) is 46.1 Å². The normalized spacial score (nSPS) is 29.6. The molecule has 23 heavy (non-hydrogen) atoms. The van der Waals surface area contributed by atoms with Crippen LogP contribution in [-0.4, -0.2) is 68.7 Å². The number of ether oxygens (including phenoxy) is 1. The monoisotopic (exact) mass is 339 g/mol. The Morgan fingerprint density at radius 1 is 1.43 bits per heavy atom. The highest BCUT2D eigenvalue weighted by atomic mass is 32.2. The van der Waals surface area contributed by atoms with Gasteiger partial charge in [0.2, 0.25) is 10.0 Å². The molecule has 0 radical (unpaired) electrons. The lowest BCUT2D eigenvalue weighted by atomic mass is 9.78. The van der Waals surface area contributed by atoms with Crippen molar-refractivity contribution in [2.24, 2.45) is 11.3 Å². The van der Waals surface area contributed by atoms with Gasteiger partial charge in [-0.3, -0.25) is 4.98 Å². The lowest BCUT2D eigenvalue weighted by Gasteiger charge is -2.30. The number of rotatable bonds is 5. The molecule has 0 saturated carbocycles. The maximum Gasteiger partial charge on any atom is 0.211 e. The van der Waals surface area contributed by atoms with E-state index in [1.165, 1.54) is 6.26 Å². The molecule has 0 bridgehead atoms. The standard InChI is InChI=1S/C16H25N3O3S/c1-18-9-15(11-22-10-14-4-3-6-17-8-14)16(12-18)5-7-19(13-16)23(2,20)21/h3-4,6,8,15H,5,7,9-13H2,1-2H3/t15-,16+/m0/s1. The van der Waals surface area contributed by atoms with Gasteiger partial charge in [0.1, 0.15) is 0 Å². The summed E-state index contributed by atoms with van der Waals surface area (Å²) in [6, 6.07) is 3.91. The summed E-state index contributed by atoms with van der Waals surface area (Å²) in [6.45, 7) is 4.38. The Hall–Kier alpha value is -1.02. The molecular formula is C16H25N3O3S. The molecule has 0 unspecified atom stereocenters. The molecule has 6 nitrogen and oxygen atoms in total. The van der Waals surface area contributed by atoms with E-state index < -0.39 is 10.0 Å². The molecule has 0 N–H and O–H groups in total. The van der Waals surface area contributed by atoms with E-state index >= 15 is 0 Å². The average Bonchev–Trinajstić information content (AvgIpc) is 3.05. The zero-order chi connectivity index (χ0) is 16.5. The summed E-state index contributed by atoms with van der Waals surface area (Å²) in [5, 5.41) is 0. The minimum absolute atomic E-state index is 0.0345. The topological polar surface area (TPSA) is 62.7 Å². The third kappa shape index (κ3) is 3.74. The second-order valence-corrected chi connectivity index (χ2v) is 8.96. The SMILES string of the molecule is CN1C[C@@H](COCc2cccnc2)[C@]2(CCN(S(C)(=O)=O)C2)C1. The molecule has 0 aliphatic carbocycles. The highest BCUT2D eigenvalue weighted by molar-refractivity contribution is 7.88. The average molecular weight is 339 g/mol. The molecule has 2 fully saturated rings. The van der Waals surface area contributed by atoms with Crippen LogP contribution in [0.25, 0.3) is 0 Å². The summed E-state index contributed by atoms with van der Waals surface area (Å²) in [5.74, 6) is 0.371. The van der Waals surface area contributed by atoms with E-state index in [0.717, 1.165) is 25.1 Å². The second kappa shape index (κ2) is 6.47. The Kier molecular flexibility index (Phi) is 4.73. The second-order valence-electron chi connectivity index (χ2n) is 6.98. The van der Waals surface area contributed by atoms with Gasteiger partial charge in [-0.15, -0.1) is 0 Å². The van der Waals surface area contributed by atoms with Crippen molar-refractivity contribution in [3.8, 4) is 0 Å². The number of hydrogen-bond acceptors (Lipinski definition) is 5. The van der Waals surface area contributed by atoms with Crippen molar-refractivity contribution < 1.29 is 13.2 Å². The fourth-order valence-corrected chi connectivity index (χ4v) is 4.85. The van der Waals surface area contributed by atoms with Gasteiger partial charge in [0, 0.05) is 49.9 Å². The Morgan fingerprint density at radius 2 is 2.26 bits per heavy atom. The Morgan fingerprint density at radius 3 is 2.91 bits per heavy atom. The molecule has 0 aromatic carbocycles. The maximum atomic E-state index is 11.8. The van der Waals surface area contributed by atoms with Gasteiger partial charge in [-0.2, -0.15) is 0 Å². The van der Waals surface area contributed by atoms with Crippen LogP contribution in [0.15, 0.2) is 24.5 Å². The molecule has 7 heteroatoms. The third-order valence-corrected chi connectivity index (χ3v) is 6.36. The summed E-state index contributed by atoms with van der Waals surface area (Å²) < 4.78 is 31.2. The highest BCUT2D eigenvalue weighted by Gasteiger charge is 2.51. The van der Waals surface area contributed by atoms with E-state index in [4.69, 9.17) is 4.74 Å². The number of pyridine rings is 1. The van der Waals surface area contributed by atoms with Gasteiger partial charge < -0.3 is 9.64 Å². The number of aromatic nitrogens is 1. The quantitative estimate of drug-likeness (QED) is 0.794. The maximum absolute atomic E-state index is 11.8. The van der Waals surface area contributed by atoms with Gasteiger partial charge in [0.25, 0.3) is 0 Å². The van der Waals surface area contributed by atoms with Gasteiger partial charge in [-0.1, -0.05) is 6.07 Å². The molecule has 128 valence electrons. The summed E-state index contributed by atoms with van der Waals surface area (Å²) in [6.07, 6.45) is 5.80. The van der Waals surface area contributed by atoms with Crippen molar-refractivity contribution >= 4 is 10.0 Å². The predicted octanol–water partition coefficient (Wildman–Crippen LogP) is 0.811. The first kappa shape index (κ1) is 16.8. The zero-order valence-electron chi connectivity index (χ0n) is 13.8. The lowest BCUT2D eigenvalue weighted by molar-refractivity contribution is 0.0539. The Balaban J connectivity index is 1.62. The summed E-state index contributed by atoms with van der Waals surface area (Å²) in [4.78, 5) is 6.39. The van der Waals surface area contributed by atoms with Crippen LogP contribution in [-0.2, 0) is 21.4 Å². The van der Waals surface area contributed by atoms with Crippen molar-refractivity contribution in [1.82, 2.24) is 14.2 Å². The summed E-state index contributed by atoms with van der Waals surface area (Å²) in [5.41, 5.74) is 1.10. The first-order chi connectivity index (χ1) is 10.9. The van der Waals surface area contributed by atoms with Crippen LogP contribution in [0.3, 0.4) is 0 Å². The molecule has 3 rings (SSSR count). The minimum Gasteiger partial charge on any atom is -0.376 e. The molecular weight excluding hydrogens is 314 g/mol. The molecule has 2 saturated heterocycles. The van der Waals surface area contributed by atoms with Crippen molar-refractivity contribution in [1.29, 1.82) is 0 Å². The molecule has 2 aliphatic heterocycles. The van der Waals surface area contributed by atoms with Crippen molar-refractivity contribution in [3.63, 3.8) is 0 Å². The number of hydrogen-bond donors (Lipinski definition) is 0. The number of nitrogens with zero attached hydrogens (tertiary/aromatic N) is 3. The van der Waals surface area contributed by atoms with Crippen molar-refractivity contribution in [2.45, 2.75) is 13.0 Å². The largest absolute Gasteiger partial charge is 0.376 e. The first-order valence-electron chi connectivity index (χ1n) is 7.99. The molecule has 2 atom stereocenters. The van der Waals surface area contributed by atoms with E-state index in [0.29, 0.717) is 32.2 Å². The molecule has 0 amide bonds. The van der Waals surface area contributed by atoms with Gasteiger partial charge in [0.15, 0.2) is 0 Å². The predicted molar refractivity (Wildman–Crippen MR) is 88.3 cm³/mol.